The zero-order valence-corrected chi connectivity index (χ0v) is 17.4. The van der Waals surface area contributed by atoms with Gasteiger partial charge >= 0.3 is 12.4 Å². The van der Waals surface area contributed by atoms with Gasteiger partial charge < -0.3 is 24.9 Å². The highest BCUT2D eigenvalue weighted by molar-refractivity contribution is 7.16. The monoisotopic (exact) mass is 465 g/mol. The summed E-state index contributed by atoms with van der Waals surface area (Å²) in [6, 6.07) is 3.85. The topological polar surface area (TPSA) is 128 Å². The van der Waals surface area contributed by atoms with Crippen molar-refractivity contribution in [2.45, 2.75) is 19.3 Å². The number of amides is 1. The Morgan fingerprint density at radius 1 is 1.31 bits per heavy atom. The number of hydroxylamine groups is 2. The van der Waals surface area contributed by atoms with Gasteiger partial charge in [-0.2, -0.15) is 4.98 Å². The number of piperazine rings is 1. The molecule has 2 aliphatic rings. The number of rotatable bonds is 3. The minimum absolute atomic E-state index is 0.0662. The standard InChI is InChI=1S/C18H17F2N7O4S/c1-9-7-26(4-5-27(9)14-13-15(32-8-22-13)25-16(21)24-14)31-17(28)23-10-2-3-11-12(6-10)30-18(19,20)29-11/h2-3,6,8-9H,4-5,7H2,1H3,(H,23,28)(H2,21,24,25)/t9-/m0/s1. The van der Waals surface area contributed by atoms with Gasteiger partial charge in [-0.3, -0.25) is 5.32 Å². The van der Waals surface area contributed by atoms with Crippen LogP contribution < -0.4 is 25.4 Å². The van der Waals surface area contributed by atoms with Crippen LogP contribution in [-0.2, 0) is 4.84 Å². The molecule has 3 aromatic rings. The van der Waals surface area contributed by atoms with E-state index in [1.165, 1.54) is 34.6 Å². The third kappa shape index (κ3) is 3.89. The molecule has 3 N–H and O–H groups in total. The Morgan fingerprint density at radius 3 is 2.94 bits per heavy atom. The highest BCUT2D eigenvalue weighted by Crippen LogP contribution is 2.42. The van der Waals surface area contributed by atoms with Crippen LogP contribution in [0.2, 0.25) is 0 Å². The minimum atomic E-state index is -3.73. The largest absolute Gasteiger partial charge is 0.586 e. The molecule has 168 valence electrons. The second-order valence-electron chi connectivity index (χ2n) is 7.17. The lowest BCUT2D eigenvalue weighted by Crippen LogP contribution is -2.53. The molecular formula is C18H17F2N7O4S. The van der Waals surface area contributed by atoms with Crippen LogP contribution in [0.5, 0.6) is 11.5 Å². The maximum Gasteiger partial charge on any atom is 0.586 e. The molecule has 2 aliphatic heterocycles. The molecule has 14 heteroatoms. The molecule has 0 aliphatic carbocycles. The van der Waals surface area contributed by atoms with Crippen molar-refractivity contribution in [1.82, 2.24) is 20.0 Å². The summed E-state index contributed by atoms with van der Waals surface area (Å²) < 4.78 is 35.0. The van der Waals surface area contributed by atoms with Gasteiger partial charge in [0.05, 0.1) is 18.6 Å². The predicted octanol–water partition coefficient (Wildman–Crippen LogP) is 2.66. The van der Waals surface area contributed by atoms with Crippen LogP contribution in [0.25, 0.3) is 10.3 Å². The Balaban J connectivity index is 1.21. The van der Waals surface area contributed by atoms with Crippen molar-refractivity contribution in [3.8, 4) is 11.5 Å². The molecule has 1 amide bonds. The smallest absolute Gasteiger partial charge is 0.395 e. The summed E-state index contributed by atoms with van der Waals surface area (Å²) in [6.45, 7) is 3.27. The van der Waals surface area contributed by atoms with E-state index in [4.69, 9.17) is 10.6 Å². The lowest BCUT2D eigenvalue weighted by Gasteiger charge is -2.39. The highest BCUT2D eigenvalue weighted by atomic mass is 32.1. The van der Waals surface area contributed by atoms with Gasteiger partial charge in [-0.1, -0.05) is 0 Å². The minimum Gasteiger partial charge on any atom is -0.395 e. The fourth-order valence-electron chi connectivity index (χ4n) is 3.57. The highest BCUT2D eigenvalue weighted by Gasteiger charge is 2.43. The third-order valence-electron chi connectivity index (χ3n) is 4.92. The number of benzene rings is 1. The number of nitrogen functional groups attached to an aromatic ring is 1. The lowest BCUT2D eigenvalue weighted by molar-refractivity contribution is -0.286. The Hall–Kier alpha value is -3.52. The van der Waals surface area contributed by atoms with E-state index in [0.717, 1.165) is 0 Å². The molecule has 4 heterocycles. The molecule has 1 saturated heterocycles. The number of ether oxygens (including phenoxy) is 2. The average Bonchev–Trinajstić information content (AvgIpc) is 3.29. The number of carbonyl (C=O) groups excluding carboxylic acids is 1. The summed E-state index contributed by atoms with van der Waals surface area (Å²) in [5.41, 5.74) is 8.43. The quantitative estimate of drug-likeness (QED) is 0.596. The molecule has 0 spiro atoms. The van der Waals surface area contributed by atoms with Crippen LogP contribution in [0.4, 0.5) is 31.0 Å². The molecule has 32 heavy (non-hydrogen) atoms. The van der Waals surface area contributed by atoms with Gasteiger partial charge in [-0.15, -0.1) is 25.2 Å². The van der Waals surface area contributed by atoms with Crippen molar-refractivity contribution in [2.75, 3.05) is 35.6 Å². The number of nitrogens with one attached hydrogen (secondary N) is 1. The molecular weight excluding hydrogens is 448 g/mol. The molecule has 1 atom stereocenters. The molecule has 0 bridgehead atoms. The first kappa shape index (κ1) is 20.4. The lowest BCUT2D eigenvalue weighted by atomic mass is 10.2. The van der Waals surface area contributed by atoms with Crippen LogP contribution in [0.3, 0.4) is 0 Å². The van der Waals surface area contributed by atoms with E-state index >= 15 is 0 Å². The number of fused-ring (bicyclic) bond motifs is 2. The van der Waals surface area contributed by atoms with E-state index < -0.39 is 12.4 Å². The van der Waals surface area contributed by atoms with E-state index in [9.17, 15) is 13.6 Å². The first-order valence-corrected chi connectivity index (χ1v) is 10.4. The average molecular weight is 465 g/mol. The molecule has 0 unspecified atom stereocenters. The number of aromatic nitrogens is 3. The maximum absolute atomic E-state index is 13.1. The van der Waals surface area contributed by atoms with Gasteiger partial charge in [-0.25, -0.2) is 14.8 Å². The van der Waals surface area contributed by atoms with E-state index in [-0.39, 0.29) is 29.2 Å². The van der Waals surface area contributed by atoms with Crippen molar-refractivity contribution in [3.05, 3.63) is 23.7 Å². The Kier molecular flexibility index (Phi) is 4.82. The SMILES string of the molecule is C[C@H]1CN(OC(=O)Nc2ccc3c(c2)OC(F)(F)O3)CCN1c1nc(N)nc2scnc12. The number of thiazole rings is 1. The number of nitrogens with two attached hydrogens (primary N) is 1. The number of hydrogen-bond donors (Lipinski definition) is 2. The summed E-state index contributed by atoms with van der Waals surface area (Å²) in [5, 5.41) is 4.00. The van der Waals surface area contributed by atoms with Crippen LogP contribution in [0, 0.1) is 0 Å². The second-order valence-corrected chi connectivity index (χ2v) is 8.01. The van der Waals surface area contributed by atoms with Gasteiger partial charge in [-0.05, 0) is 19.1 Å². The van der Waals surface area contributed by atoms with E-state index in [2.05, 4.69) is 29.7 Å². The predicted molar refractivity (Wildman–Crippen MR) is 111 cm³/mol. The fourth-order valence-corrected chi connectivity index (χ4v) is 4.23. The number of halogens is 2. The van der Waals surface area contributed by atoms with Crippen LogP contribution in [0.15, 0.2) is 23.7 Å². The summed E-state index contributed by atoms with van der Waals surface area (Å²) in [6.07, 6.45) is -4.49. The fraction of sp³-hybridized carbons (Fsp3) is 0.333. The second kappa shape index (κ2) is 7.56. The normalized spacial score (nSPS) is 19.8. The number of hydrogen-bond acceptors (Lipinski definition) is 11. The van der Waals surface area contributed by atoms with Gasteiger partial charge in [0.1, 0.15) is 5.52 Å². The van der Waals surface area contributed by atoms with Crippen LogP contribution in [0.1, 0.15) is 6.92 Å². The van der Waals surface area contributed by atoms with Crippen molar-refractivity contribution >= 4 is 45.2 Å². The summed E-state index contributed by atoms with van der Waals surface area (Å²) >= 11 is 1.38. The van der Waals surface area contributed by atoms with Gasteiger partial charge in [0.2, 0.25) is 5.95 Å². The summed E-state index contributed by atoms with van der Waals surface area (Å²) in [4.78, 5) is 33.3. The Morgan fingerprint density at radius 2 is 2.12 bits per heavy atom. The van der Waals surface area contributed by atoms with Crippen LogP contribution >= 0.6 is 11.3 Å². The van der Waals surface area contributed by atoms with E-state index in [0.29, 0.717) is 35.8 Å². The van der Waals surface area contributed by atoms with E-state index in [1.54, 1.807) is 5.51 Å². The summed E-state index contributed by atoms with van der Waals surface area (Å²) in [5.74, 6) is 0.525. The van der Waals surface area contributed by atoms with Gasteiger partial charge in [0, 0.05) is 24.3 Å². The van der Waals surface area contributed by atoms with Crippen molar-refractivity contribution in [2.24, 2.45) is 0 Å². The van der Waals surface area contributed by atoms with Gasteiger partial charge in [0.15, 0.2) is 22.1 Å². The molecule has 2 aromatic heterocycles. The third-order valence-corrected chi connectivity index (χ3v) is 5.64. The zero-order valence-electron chi connectivity index (χ0n) is 16.6. The number of nitrogens with zero attached hydrogens (tertiary/aromatic N) is 5. The number of anilines is 3. The molecule has 0 saturated carbocycles. The number of carbonyl (C=O) groups is 1. The summed E-state index contributed by atoms with van der Waals surface area (Å²) in [7, 11) is 0. The van der Waals surface area contributed by atoms with Crippen molar-refractivity contribution in [1.29, 1.82) is 0 Å². The molecule has 0 radical (unpaired) electrons. The molecule has 11 nitrogen and oxygen atoms in total. The van der Waals surface area contributed by atoms with Gasteiger partial charge in [0.25, 0.3) is 0 Å². The Bertz CT molecular complexity index is 1190. The maximum atomic E-state index is 13.1. The van der Waals surface area contributed by atoms with Crippen molar-refractivity contribution < 1.29 is 27.9 Å². The van der Waals surface area contributed by atoms with Crippen LogP contribution in [-0.4, -0.2) is 58.1 Å². The zero-order chi connectivity index (χ0) is 22.5. The Labute approximate surface area is 183 Å². The van der Waals surface area contributed by atoms with E-state index in [1.807, 2.05) is 11.8 Å². The molecule has 1 aromatic carbocycles. The first-order valence-electron chi connectivity index (χ1n) is 9.54. The number of alkyl halides is 2. The molecule has 5 rings (SSSR count). The molecule has 1 fully saturated rings. The first-order chi connectivity index (χ1) is 15.3. The van der Waals surface area contributed by atoms with Crippen molar-refractivity contribution in [3.63, 3.8) is 0 Å².